The second-order valence-corrected chi connectivity index (χ2v) is 4.90. The Hall–Kier alpha value is -2.37. The average molecular weight is 268 g/mol. The third kappa shape index (κ3) is 2.79. The van der Waals surface area contributed by atoms with Crippen LogP contribution in [-0.2, 0) is 11.2 Å². The second kappa shape index (κ2) is 6.18. The molecule has 5 heteroatoms. The van der Waals surface area contributed by atoms with Crippen molar-refractivity contribution in [1.29, 1.82) is 10.5 Å². The van der Waals surface area contributed by atoms with Crippen LogP contribution in [0.15, 0.2) is 24.3 Å². The van der Waals surface area contributed by atoms with Crippen LogP contribution in [0, 0.1) is 22.7 Å². The lowest BCUT2D eigenvalue weighted by atomic mass is 10.0. The van der Waals surface area contributed by atoms with E-state index in [4.69, 9.17) is 16.3 Å². The topological polar surface area (TPSA) is 93.9 Å². The van der Waals surface area contributed by atoms with Gasteiger partial charge in [0, 0.05) is 6.54 Å². The maximum Gasteiger partial charge on any atom is 0.240 e. The van der Waals surface area contributed by atoms with Gasteiger partial charge in [-0.2, -0.15) is 10.5 Å². The molecule has 0 aromatic heterocycles. The molecule has 102 valence electrons. The fourth-order valence-corrected chi connectivity index (χ4v) is 2.51. The summed E-state index contributed by atoms with van der Waals surface area (Å²) < 4.78 is 0. The van der Waals surface area contributed by atoms with Crippen molar-refractivity contribution in [3.05, 3.63) is 35.4 Å². The minimum Gasteiger partial charge on any atom is -0.325 e. The van der Waals surface area contributed by atoms with Crippen molar-refractivity contribution in [2.24, 2.45) is 5.73 Å². The van der Waals surface area contributed by atoms with Gasteiger partial charge in [-0.1, -0.05) is 18.2 Å². The van der Waals surface area contributed by atoms with Crippen molar-refractivity contribution < 1.29 is 4.79 Å². The van der Waals surface area contributed by atoms with Gasteiger partial charge < -0.3 is 10.6 Å². The maximum absolute atomic E-state index is 12.3. The Labute approximate surface area is 118 Å². The molecule has 2 atom stereocenters. The van der Waals surface area contributed by atoms with Crippen LogP contribution in [0.25, 0.3) is 0 Å². The van der Waals surface area contributed by atoms with Gasteiger partial charge >= 0.3 is 0 Å². The summed E-state index contributed by atoms with van der Waals surface area (Å²) in [6.07, 6.45) is 1.87. The van der Waals surface area contributed by atoms with Gasteiger partial charge in [-0.05, 0) is 30.9 Å². The van der Waals surface area contributed by atoms with Gasteiger partial charge in [-0.15, -0.1) is 0 Å². The number of benzene rings is 1. The molecule has 2 rings (SSSR count). The molecule has 20 heavy (non-hydrogen) atoms. The maximum atomic E-state index is 12.3. The monoisotopic (exact) mass is 268 g/mol. The first-order chi connectivity index (χ1) is 9.67. The van der Waals surface area contributed by atoms with Crippen LogP contribution in [0.1, 0.15) is 24.0 Å². The van der Waals surface area contributed by atoms with E-state index in [0.29, 0.717) is 24.9 Å². The number of rotatable bonds is 3. The molecular weight excluding hydrogens is 252 g/mol. The first kappa shape index (κ1) is 14.0. The van der Waals surface area contributed by atoms with Crippen molar-refractivity contribution in [3.8, 4) is 12.1 Å². The third-order valence-electron chi connectivity index (χ3n) is 3.58. The molecule has 1 aliphatic rings. The molecule has 0 unspecified atom stereocenters. The molecule has 1 aromatic carbocycles. The number of amides is 1. The minimum absolute atomic E-state index is 0.207. The van der Waals surface area contributed by atoms with Gasteiger partial charge in [0.2, 0.25) is 5.91 Å². The fraction of sp³-hybridized carbons (Fsp3) is 0.400. The predicted octanol–water partition coefficient (Wildman–Crippen LogP) is 0.943. The molecule has 1 aromatic rings. The summed E-state index contributed by atoms with van der Waals surface area (Å²) in [5.41, 5.74) is 7.26. The Balaban J connectivity index is 2.09. The van der Waals surface area contributed by atoms with Gasteiger partial charge in [0.25, 0.3) is 0 Å². The molecule has 2 N–H and O–H groups in total. The Bertz CT molecular complexity index is 584. The van der Waals surface area contributed by atoms with Gasteiger partial charge in [-0.3, -0.25) is 4.79 Å². The predicted molar refractivity (Wildman–Crippen MR) is 73.2 cm³/mol. The molecule has 5 nitrogen and oxygen atoms in total. The van der Waals surface area contributed by atoms with Crippen molar-refractivity contribution in [2.45, 2.75) is 31.3 Å². The van der Waals surface area contributed by atoms with Crippen molar-refractivity contribution >= 4 is 5.91 Å². The molecule has 1 fully saturated rings. The molecule has 0 spiro atoms. The van der Waals surface area contributed by atoms with Crippen molar-refractivity contribution in [2.75, 3.05) is 6.54 Å². The van der Waals surface area contributed by atoms with Crippen LogP contribution >= 0.6 is 0 Å². The van der Waals surface area contributed by atoms with Gasteiger partial charge in [0.15, 0.2) is 0 Å². The summed E-state index contributed by atoms with van der Waals surface area (Å²) in [5.74, 6) is -0.207. The van der Waals surface area contributed by atoms with E-state index in [9.17, 15) is 4.79 Å². The number of carbonyl (C=O) groups excluding carboxylic acids is 1. The van der Waals surface area contributed by atoms with Gasteiger partial charge in [-0.25, -0.2) is 0 Å². The largest absolute Gasteiger partial charge is 0.325 e. The van der Waals surface area contributed by atoms with E-state index in [1.807, 2.05) is 6.07 Å². The number of likely N-dealkylation sites (tertiary alicyclic amines) is 1. The zero-order chi connectivity index (χ0) is 14.5. The van der Waals surface area contributed by atoms with Crippen LogP contribution in [0.4, 0.5) is 0 Å². The number of hydrogen-bond acceptors (Lipinski definition) is 4. The van der Waals surface area contributed by atoms with E-state index in [1.54, 1.807) is 23.1 Å². The molecule has 1 amide bonds. The highest BCUT2D eigenvalue weighted by molar-refractivity contribution is 5.83. The third-order valence-corrected chi connectivity index (χ3v) is 3.58. The number of nitrogens with zero attached hydrogens (tertiary/aromatic N) is 3. The minimum atomic E-state index is -0.710. The summed E-state index contributed by atoms with van der Waals surface area (Å²) in [4.78, 5) is 13.8. The second-order valence-electron chi connectivity index (χ2n) is 4.90. The van der Waals surface area contributed by atoms with Crippen LogP contribution in [-0.4, -0.2) is 29.4 Å². The summed E-state index contributed by atoms with van der Waals surface area (Å²) in [7, 11) is 0. The highest BCUT2D eigenvalue weighted by Crippen LogP contribution is 2.18. The molecule has 1 heterocycles. The highest BCUT2D eigenvalue weighted by atomic mass is 16.2. The standard InChI is InChI=1S/C15H16N4O/c16-9-12-5-2-1-4-11(12)8-14(18)15(20)19-7-3-6-13(19)10-17/h1-2,4-5,13-14H,3,6-8,18H2/t13-,14-/m0/s1. The quantitative estimate of drug-likeness (QED) is 0.882. The lowest BCUT2D eigenvalue weighted by Gasteiger charge is -2.23. The number of carbonyl (C=O) groups is 1. The molecule has 1 saturated heterocycles. The van der Waals surface area contributed by atoms with Crippen LogP contribution in [0.3, 0.4) is 0 Å². The fourth-order valence-electron chi connectivity index (χ4n) is 2.51. The Morgan fingerprint density at radius 2 is 2.20 bits per heavy atom. The van der Waals surface area contributed by atoms with Crippen LogP contribution in [0.5, 0.6) is 0 Å². The molecular formula is C15H16N4O. The number of nitrogens with two attached hydrogens (primary N) is 1. The molecule has 0 saturated carbocycles. The summed E-state index contributed by atoms with van der Waals surface area (Å²) in [6.45, 7) is 0.588. The van der Waals surface area contributed by atoms with Crippen molar-refractivity contribution in [3.63, 3.8) is 0 Å². The summed E-state index contributed by atoms with van der Waals surface area (Å²) >= 11 is 0. The average Bonchev–Trinajstić information content (AvgIpc) is 2.95. The van der Waals surface area contributed by atoms with E-state index in [1.165, 1.54) is 0 Å². The molecule has 0 aliphatic carbocycles. The normalized spacial score (nSPS) is 19.1. The SMILES string of the molecule is N#Cc1ccccc1C[C@H](N)C(=O)N1CCC[C@H]1C#N. The van der Waals surface area contributed by atoms with Crippen LogP contribution < -0.4 is 5.73 Å². The van der Waals surface area contributed by atoms with E-state index >= 15 is 0 Å². The smallest absolute Gasteiger partial charge is 0.240 e. The zero-order valence-electron chi connectivity index (χ0n) is 11.1. The van der Waals surface area contributed by atoms with Gasteiger partial charge in [0.1, 0.15) is 6.04 Å². The zero-order valence-corrected chi connectivity index (χ0v) is 11.1. The lowest BCUT2D eigenvalue weighted by molar-refractivity contribution is -0.132. The Morgan fingerprint density at radius 1 is 1.45 bits per heavy atom. The molecule has 0 bridgehead atoms. The van der Waals surface area contributed by atoms with E-state index in [2.05, 4.69) is 12.1 Å². The number of hydrogen-bond donors (Lipinski definition) is 1. The number of nitriles is 2. The van der Waals surface area contributed by atoms with Crippen LogP contribution in [0.2, 0.25) is 0 Å². The van der Waals surface area contributed by atoms with E-state index < -0.39 is 6.04 Å². The van der Waals surface area contributed by atoms with Gasteiger partial charge in [0.05, 0.1) is 23.7 Å². The van der Waals surface area contributed by atoms with Crippen molar-refractivity contribution in [1.82, 2.24) is 4.90 Å². The lowest BCUT2D eigenvalue weighted by Crippen LogP contribution is -2.46. The first-order valence-corrected chi connectivity index (χ1v) is 6.61. The summed E-state index contributed by atoms with van der Waals surface area (Å²) in [6, 6.07) is 10.3. The molecule has 0 radical (unpaired) electrons. The highest BCUT2D eigenvalue weighted by Gasteiger charge is 2.31. The Morgan fingerprint density at radius 3 is 2.90 bits per heavy atom. The first-order valence-electron chi connectivity index (χ1n) is 6.61. The van der Waals surface area contributed by atoms with E-state index in [-0.39, 0.29) is 11.9 Å². The Kier molecular flexibility index (Phi) is 4.34. The van der Waals surface area contributed by atoms with E-state index in [0.717, 1.165) is 12.0 Å². The molecule has 1 aliphatic heterocycles. The summed E-state index contributed by atoms with van der Waals surface area (Å²) in [5, 5.41) is 18.0.